The Balaban J connectivity index is 0.000000263. The summed E-state index contributed by atoms with van der Waals surface area (Å²) < 4.78 is 0. The molecule has 0 fully saturated rings. The molecule has 2 unspecified atom stereocenters. The molecule has 2 aliphatic rings. The fourth-order valence-electron chi connectivity index (χ4n) is 7.09. The fraction of sp³-hybridized carbons (Fsp3) is 0.357. The number of amides is 1. The second kappa shape index (κ2) is 21.1. The van der Waals surface area contributed by atoms with Gasteiger partial charge in [0, 0.05) is 76.8 Å². The van der Waals surface area contributed by atoms with Crippen molar-refractivity contribution in [3.8, 4) is 0 Å². The number of alkyl halides is 1. The number of carbonyl (C=O) groups excluding carboxylic acids is 2. The molecule has 1 amide bonds. The van der Waals surface area contributed by atoms with Crippen LogP contribution in [0.3, 0.4) is 0 Å². The number of fused-ring (bicyclic) bond motifs is 2. The molecule has 4 aromatic rings. The van der Waals surface area contributed by atoms with Gasteiger partial charge in [-0.2, -0.15) is 0 Å². The Kier molecular flexibility index (Phi) is 17.2. The highest BCUT2D eigenvalue weighted by atomic mass is 35.5. The third-order valence-electron chi connectivity index (χ3n) is 9.87. The van der Waals surface area contributed by atoms with E-state index in [1.165, 1.54) is 27.8 Å². The molecule has 13 heteroatoms. The first kappa shape index (κ1) is 44.9. The summed E-state index contributed by atoms with van der Waals surface area (Å²) in [6.45, 7) is 3.39. The van der Waals surface area contributed by atoms with Crippen LogP contribution < -0.4 is 5.32 Å². The Morgan fingerprint density at radius 3 is 1.64 bits per heavy atom. The van der Waals surface area contributed by atoms with Gasteiger partial charge in [-0.05, 0) is 95.7 Å². The van der Waals surface area contributed by atoms with Gasteiger partial charge in [0.2, 0.25) is 5.91 Å². The number of likely N-dealkylation sites (N-methyl/N-ethyl adjacent to an activating group) is 2. The van der Waals surface area contributed by atoms with Crippen LogP contribution in [-0.4, -0.2) is 66.3 Å². The first-order valence-corrected chi connectivity index (χ1v) is 19.9. The minimum atomic E-state index is -1.02. The number of hydrogen-bond acceptors (Lipinski definition) is 5. The second-order valence-electron chi connectivity index (χ2n) is 14.1. The Hall–Kier alpha value is -2.85. The van der Waals surface area contributed by atoms with Gasteiger partial charge in [-0.3, -0.25) is 14.4 Å². The maximum Gasteiger partial charge on any atom is 0.303 e. The van der Waals surface area contributed by atoms with E-state index in [9.17, 15) is 14.4 Å². The van der Waals surface area contributed by atoms with Crippen LogP contribution in [0, 0.1) is 0 Å². The molecule has 2 N–H and O–H groups in total. The zero-order valence-corrected chi connectivity index (χ0v) is 35.3. The smallest absolute Gasteiger partial charge is 0.303 e. The van der Waals surface area contributed by atoms with E-state index in [1.54, 1.807) is 6.07 Å². The van der Waals surface area contributed by atoms with Crippen LogP contribution in [0.5, 0.6) is 0 Å². The highest BCUT2D eigenvalue weighted by molar-refractivity contribution is 6.35. The zero-order valence-electron chi connectivity index (χ0n) is 30.7. The van der Waals surface area contributed by atoms with Crippen molar-refractivity contribution in [2.45, 2.75) is 62.9 Å². The predicted molar refractivity (Wildman–Crippen MR) is 227 cm³/mol. The van der Waals surface area contributed by atoms with Gasteiger partial charge in [0.15, 0.2) is 5.78 Å². The number of Topliss-reactive ketones (excluding diaryl/α,β-unsaturated/α-hetero) is 1. The van der Waals surface area contributed by atoms with Gasteiger partial charge < -0.3 is 20.2 Å². The molecule has 7 nitrogen and oxygen atoms in total. The monoisotopic (exact) mass is 865 g/mol. The average molecular weight is 869 g/mol. The molecule has 0 saturated heterocycles. The van der Waals surface area contributed by atoms with Crippen molar-refractivity contribution >= 4 is 88.1 Å². The van der Waals surface area contributed by atoms with Crippen LogP contribution in [-0.2, 0) is 39.8 Å². The number of ketones is 1. The van der Waals surface area contributed by atoms with Gasteiger partial charge in [-0.15, -0.1) is 24.0 Å². The first-order valence-electron chi connectivity index (χ1n) is 17.9. The standard InChI is InChI=1S/C25H28Cl2N2O4.C17H16Cl3N.ClH/c1-29-14-21(20-11-18(26)12-23(27)22(20)15-29)17-7-5-16(6-8-17)3-2-4-24(31)28-13-19(30)9-10-25(32)33;1-21-9-15(12-4-2-11(8-18)3-5-12)14-6-13(19)7-17(20)16(14)10-21;/h5-8,11-12,21H,2-4,9-10,13-15H2,1H3,(H,28,31)(H,32,33);2-7,15H,8-10H2,1H3;1H. The third kappa shape index (κ3) is 12.6. The third-order valence-corrected chi connectivity index (χ3v) is 11.3. The maximum atomic E-state index is 11.9. The van der Waals surface area contributed by atoms with Crippen LogP contribution in [0.25, 0.3) is 0 Å². The van der Waals surface area contributed by atoms with E-state index < -0.39 is 5.97 Å². The van der Waals surface area contributed by atoms with Crippen LogP contribution >= 0.6 is 70.4 Å². The number of benzene rings is 4. The molecule has 6 rings (SSSR count). The van der Waals surface area contributed by atoms with Gasteiger partial charge in [0.25, 0.3) is 0 Å². The Morgan fingerprint density at radius 2 is 1.18 bits per heavy atom. The number of carboxylic acids is 1. The lowest BCUT2D eigenvalue weighted by molar-refractivity contribution is -0.138. The highest BCUT2D eigenvalue weighted by Crippen LogP contribution is 2.40. The van der Waals surface area contributed by atoms with E-state index in [0.29, 0.717) is 39.7 Å². The molecule has 55 heavy (non-hydrogen) atoms. The average Bonchev–Trinajstić information content (AvgIpc) is 3.14. The lowest BCUT2D eigenvalue weighted by atomic mass is 9.84. The van der Waals surface area contributed by atoms with Crippen molar-refractivity contribution < 1.29 is 19.5 Å². The van der Waals surface area contributed by atoms with Gasteiger partial charge in [0.05, 0.1) is 13.0 Å². The molecule has 0 aromatic heterocycles. The second-order valence-corrected chi connectivity index (χ2v) is 16.0. The number of nitrogens with one attached hydrogen (secondary N) is 1. The molecule has 2 atom stereocenters. The number of nitrogens with zero attached hydrogens (tertiary/aromatic N) is 2. The molecule has 294 valence electrons. The Labute approximate surface area is 354 Å². The molecular formula is C42H45Cl6N3O4. The summed E-state index contributed by atoms with van der Waals surface area (Å²) in [6.07, 6.45) is 1.44. The first-order chi connectivity index (χ1) is 25.8. The lowest BCUT2D eigenvalue weighted by Gasteiger charge is -2.33. The van der Waals surface area contributed by atoms with Crippen LogP contribution in [0.1, 0.15) is 82.0 Å². The number of aryl methyl sites for hydroxylation is 1. The van der Waals surface area contributed by atoms with E-state index in [4.69, 9.17) is 63.1 Å². The van der Waals surface area contributed by atoms with Crippen molar-refractivity contribution in [3.05, 3.63) is 137 Å². The largest absolute Gasteiger partial charge is 0.481 e. The van der Waals surface area contributed by atoms with Crippen LogP contribution in [0.4, 0.5) is 0 Å². The summed E-state index contributed by atoms with van der Waals surface area (Å²) in [5.74, 6) is -0.482. The summed E-state index contributed by atoms with van der Waals surface area (Å²) in [5, 5.41) is 13.9. The van der Waals surface area contributed by atoms with Crippen LogP contribution in [0.15, 0.2) is 72.8 Å². The molecule has 2 heterocycles. The van der Waals surface area contributed by atoms with Gasteiger partial charge in [0.1, 0.15) is 0 Å². The molecular weight excluding hydrogens is 823 g/mol. The number of rotatable bonds is 12. The van der Waals surface area contributed by atoms with Crippen molar-refractivity contribution in [1.82, 2.24) is 15.1 Å². The number of carboxylic acid groups (broad SMARTS) is 1. The topological polar surface area (TPSA) is 90.0 Å². The molecule has 0 spiro atoms. The van der Waals surface area contributed by atoms with E-state index in [2.05, 4.69) is 83.8 Å². The molecule has 2 aliphatic heterocycles. The van der Waals surface area contributed by atoms with E-state index in [1.807, 2.05) is 12.1 Å². The number of carbonyl (C=O) groups is 3. The van der Waals surface area contributed by atoms with Crippen molar-refractivity contribution in [2.75, 3.05) is 33.7 Å². The molecule has 0 bridgehead atoms. The maximum absolute atomic E-state index is 11.9. The zero-order chi connectivity index (χ0) is 38.9. The molecule has 0 aliphatic carbocycles. The van der Waals surface area contributed by atoms with Crippen molar-refractivity contribution in [3.63, 3.8) is 0 Å². The van der Waals surface area contributed by atoms with Gasteiger partial charge in [-0.1, -0.05) is 94.9 Å². The summed E-state index contributed by atoms with van der Waals surface area (Å²) in [4.78, 5) is 38.5. The van der Waals surface area contributed by atoms with E-state index in [-0.39, 0.29) is 49.4 Å². The quantitative estimate of drug-likeness (QED) is 0.138. The summed E-state index contributed by atoms with van der Waals surface area (Å²) in [5.41, 5.74) is 9.46. The summed E-state index contributed by atoms with van der Waals surface area (Å²) >= 11 is 31.2. The minimum absolute atomic E-state index is 0. The Morgan fingerprint density at radius 1 is 0.709 bits per heavy atom. The summed E-state index contributed by atoms with van der Waals surface area (Å²) in [7, 11) is 4.20. The molecule has 0 radical (unpaired) electrons. The number of hydrogen-bond donors (Lipinski definition) is 2. The normalized spacial score (nSPS) is 16.5. The lowest BCUT2D eigenvalue weighted by Crippen LogP contribution is -2.31. The van der Waals surface area contributed by atoms with Gasteiger partial charge >= 0.3 is 5.97 Å². The van der Waals surface area contributed by atoms with E-state index >= 15 is 0 Å². The number of aliphatic carboxylic acids is 1. The predicted octanol–water partition coefficient (Wildman–Crippen LogP) is 10.2. The summed E-state index contributed by atoms with van der Waals surface area (Å²) in [6, 6.07) is 24.6. The SMILES string of the molecule is CN1Cc2c(Cl)cc(Cl)cc2C(c2ccc(CCCC(=O)NCC(=O)CCC(=O)O)cc2)C1.CN1Cc2c(Cl)cc(Cl)cc2C(c2ccc(CCl)cc2)C1.Cl. The van der Waals surface area contributed by atoms with Crippen molar-refractivity contribution in [1.29, 1.82) is 0 Å². The molecule has 0 saturated carbocycles. The highest BCUT2D eigenvalue weighted by Gasteiger charge is 2.28. The van der Waals surface area contributed by atoms with Crippen LogP contribution in [0.2, 0.25) is 20.1 Å². The number of halogens is 6. The minimum Gasteiger partial charge on any atom is -0.481 e. The van der Waals surface area contributed by atoms with E-state index in [0.717, 1.165) is 54.3 Å². The fourth-order valence-corrected chi connectivity index (χ4v) is 8.41. The van der Waals surface area contributed by atoms with Crippen molar-refractivity contribution in [2.24, 2.45) is 0 Å². The molecule has 4 aromatic carbocycles. The Bertz CT molecular complexity index is 1960. The van der Waals surface area contributed by atoms with Gasteiger partial charge in [-0.25, -0.2) is 0 Å².